The highest BCUT2D eigenvalue weighted by Crippen LogP contribution is 2.31. The van der Waals surface area contributed by atoms with Gasteiger partial charge in [0.15, 0.2) is 0 Å². The molecule has 1 aliphatic carbocycles. The molecule has 0 spiro atoms. The number of aliphatic hydroxyl groups excluding tert-OH is 1. The van der Waals surface area contributed by atoms with Crippen molar-refractivity contribution in [1.29, 1.82) is 0 Å². The Balaban J connectivity index is 1.55. The fourth-order valence-electron chi connectivity index (χ4n) is 6.38. The van der Waals surface area contributed by atoms with Crippen LogP contribution in [0.15, 0.2) is 42.5 Å². The predicted octanol–water partition coefficient (Wildman–Crippen LogP) is 7.12. The average Bonchev–Trinajstić information content (AvgIpc) is 3.09. The average molecular weight is 720 g/mol. The van der Waals surface area contributed by atoms with Crippen molar-refractivity contribution >= 4 is 29.3 Å². The summed E-state index contributed by atoms with van der Waals surface area (Å²) in [5.74, 6) is -0.362. The minimum Gasteiger partial charge on any atom is -0.490 e. The van der Waals surface area contributed by atoms with Gasteiger partial charge in [-0.15, -0.1) is 0 Å². The summed E-state index contributed by atoms with van der Waals surface area (Å²) >= 11 is 0. The van der Waals surface area contributed by atoms with E-state index in [9.17, 15) is 32.7 Å². The first-order chi connectivity index (χ1) is 24.2. The van der Waals surface area contributed by atoms with Crippen LogP contribution in [0.5, 0.6) is 5.75 Å². The SMILES string of the molecule is C[C@H](CO)N1C[C@H](C)[C@@H](CN(C)C(=O)NC2CCCCC2)OCCCC[C@H](C)Oc2ccc(NC(=O)Nc3ccc(C(F)(F)F)cc3)cc2C1=O. The number of carbonyl (C=O) groups excluding carboxylic acids is 3. The van der Waals surface area contributed by atoms with Crippen molar-refractivity contribution in [2.75, 3.05) is 44.0 Å². The maximum absolute atomic E-state index is 14.4. The van der Waals surface area contributed by atoms with E-state index in [0.29, 0.717) is 25.3 Å². The van der Waals surface area contributed by atoms with E-state index in [-0.39, 0.29) is 54.2 Å². The second-order valence-corrected chi connectivity index (χ2v) is 13.8. The predicted molar refractivity (Wildman–Crippen MR) is 189 cm³/mol. The summed E-state index contributed by atoms with van der Waals surface area (Å²) in [5.41, 5.74) is -0.271. The number of carbonyl (C=O) groups is 3. The second-order valence-electron chi connectivity index (χ2n) is 13.8. The van der Waals surface area contributed by atoms with E-state index >= 15 is 0 Å². The third kappa shape index (κ3) is 11.7. The zero-order valence-electron chi connectivity index (χ0n) is 29.9. The summed E-state index contributed by atoms with van der Waals surface area (Å²) in [4.78, 5) is 43.5. The maximum Gasteiger partial charge on any atom is 0.416 e. The Hall–Kier alpha value is -4.04. The zero-order valence-corrected chi connectivity index (χ0v) is 29.9. The number of ether oxygens (including phenoxy) is 2. The molecule has 11 nitrogen and oxygen atoms in total. The molecule has 4 rings (SSSR count). The molecule has 14 heteroatoms. The van der Waals surface area contributed by atoms with Crippen molar-refractivity contribution in [3.05, 3.63) is 53.6 Å². The van der Waals surface area contributed by atoms with Crippen LogP contribution in [0.2, 0.25) is 0 Å². The number of aliphatic hydroxyl groups is 1. The first-order valence-corrected chi connectivity index (χ1v) is 17.9. The molecular formula is C37H52F3N5O6. The number of amides is 5. The van der Waals surface area contributed by atoms with Crippen LogP contribution in [0.4, 0.5) is 34.1 Å². The molecule has 4 atom stereocenters. The number of alkyl halides is 3. The van der Waals surface area contributed by atoms with E-state index in [1.807, 2.05) is 13.8 Å². The third-order valence-corrected chi connectivity index (χ3v) is 9.51. The van der Waals surface area contributed by atoms with Gasteiger partial charge in [0.1, 0.15) is 5.75 Å². The molecule has 0 aromatic heterocycles. The maximum atomic E-state index is 14.4. The highest BCUT2D eigenvalue weighted by atomic mass is 19.4. The van der Waals surface area contributed by atoms with E-state index in [1.54, 1.807) is 35.9 Å². The molecule has 0 radical (unpaired) electrons. The molecule has 2 aliphatic rings. The number of halogens is 3. The van der Waals surface area contributed by atoms with Gasteiger partial charge in [-0.05, 0) is 88.4 Å². The third-order valence-electron chi connectivity index (χ3n) is 9.51. The van der Waals surface area contributed by atoms with Gasteiger partial charge in [0.05, 0.1) is 36.0 Å². The highest BCUT2D eigenvalue weighted by molar-refractivity contribution is 6.02. The topological polar surface area (TPSA) is 132 Å². The van der Waals surface area contributed by atoms with Crippen molar-refractivity contribution in [1.82, 2.24) is 15.1 Å². The van der Waals surface area contributed by atoms with Crippen LogP contribution in [0.1, 0.15) is 88.1 Å². The summed E-state index contributed by atoms with van der Waals surface area (Å²) in [7, 11) is 1.75. The molecule has 1 aliphatic heterocycles. The Morgan fingerprint density at radius 3 is 2.29 bits per heavy atom. The zero-order chi connectivity index (χ0) is 37.1. The number of hydrogen-bond donors (Lipinski definition) is 4. The van der Waals surface area contributed by atoms with Crippen LogP contribution in [-0.2, 0) is 10.9 Å². The number of benzene rings is 2. The lowest BCUT2D eigenvalue weighted by atomic mass is 9.96. The van der Waals surface area contributed by atoms with Crippen LogP contribution < -0.4 is 20.7 Å². The van der Waals surface area contributed by atoms with Gasteiger partial charge < -0.3 is 40.3 Å². The van der Waals surface area contributed by atoms with Gasteiger partial charge in [-0.3, -0.25) is 4.79 Å². The summed E-state index contributed by atoms with van der Waals surface area (Å²) in [5, 5.41) is 18.5. The Morgan fingerprint density at radius 2 is 1.63 bits per heavy atom. The van der Waals surface area contributed by atoms with Crippen molar-refractivity contribution in [2.24, 2.45) is 5.92 Å². The smallest absolute Gasteiger partial charge is 0.416 e. The van der Waals surface area contributed by atoms with Crippen LogP contribution in [0.3, 0.4) is 0 Å². The number of nitrogens with zero attached hydrogens (tertiary/aromatic N) is 2. The Labute approximate surface area is 298 Å². The molecule has 282 valence electrons. The van der Waals surface area contributed by atoms with E-state index in [0.717, 1.165) is 62.8 Å². The van der Waals surface area contributed by atoms with E-state index in [2.05, 4.69) is 16.0 Å². The van der Waals surface area contributed by atoms with Crippen molar-refractivity contribution in [3.63, 3.8) is 0 Å². The van der Waals surface area contributed by atoms with Gasteiger partial charge >= 0.3 is 18.2 Å². The van der Waals surface area contributed by atoms with Crippen molar-refractivity contribution in [3.8, 4) is 5.75 Å². The Morgan fingerprint density at radius 1 is 0.980 bits per heavy atom. The first-order valence-electron chi connectivity index (χ1n) is 17.9. The van der Waals surface area contributed by atoms with E-state index < -0.39 is 35.8 Å². The van der Waals surface area contributed by atoms with Crippen molar-refractivity contribution < 1.29 is 42.1 Å². The van der Waals surface area contributed by atoms with Gasteiger partial charge in [-0.2, -0.15) is 13.2 Å². The second kappa shape index (κ2) is 18.5. The minimum atomic E-state index is -4.50. The quantitative estimate of drug-likeness (QED) is 0.241. The molecule has 2 aromatic rings. The fourth-order valence-corrected chi connectivity index (χ4v) is 6.38. The molecule has 0 unspecified atom stereocenters. The van der Waals surface area contributed by atoms with Crippen LogP contribution in [-0.4, -0.2) is 90.5 Å². The normalized spacial score (nSPS) is 21.8. The Bertz CT molecular complexity index is 1450. The molecule has 5 amide bonds. The lowest BCUT2D eigenvalue weighted by Gasteiger charge is -2.36. The van der Waals surface area contributed by atoms with Gasteiger partial charge in [-0.1, -0.05) is 26.2 Å². The van der Waals surface area contributed by atoms with Gasteiger partial charge in [0, 0.05) is 50.1 Å². The molecule has 1 heterocycles. The summed E-state index contributed by atoms with van der Waals surface area (Å²) in [6, 6.07) is 7.40. The van der Waals surface area contributed by atoms with Crippen LogP contribution in [0.25, 0.3) is 0 Å². The van der Waals surface area contributed by atoms with Crippen LogP contribution in [0, 0.1) is 5.92 Å². The number of nitrogens with one attached hydrogen (secondary N) is 3. The van der Waals surface area contributed by atoms with Crippen molar-refractivity contribution in [2.45, 2.75) is 103 Å². The van der Waals surface area contributed by atoms with E-state index in [1.165, 1.54) is 12.5 Å². The number of hydrogen-bond acceptors (Lipinski definition) is 6. The highest BCUT2D eigenvalue weighted by Gasteiger charge is 2.32. The number of anilines is 2. The fraction of sp³-hybridized carbons (Fsp3) is 0.595. The molecule has 2 aromatic carbocycles. The molecule has 1 fully saturated rings. The molecular weight excluding hydrogens is 667 g/mol. The summed E-state index contributed by atoms with van der Waals surface area (Å²) < 4.78 is 51.5. The van der Waals surface area contributed by atoms with Gasteiger partial charge in [-0.25, -0.2) is 9.59 Å². The lowest BCUT2D eigenvalue weighted by molar-refractivity contribution is -0.137. The first kappa shape index (κ1) is 39.7. The monoisotopic (exact) mass is 719 g/mol. The molecule has 0 bridgehead atoms. The number of fused-ring (bicyclic) bond motifs is 1. The standard InChI is InChI=1S/C37H52F3N5O6/c1-24-21-45(25(2)23-46)34(47)31-20-30(42-35(48)41-29-15-13-27(14-16-29)37(38,39)40)17-18-32(31)51-26(3)10-8-9-19-50-33(24)22-44(4)36(49)43-28-11-6-5-7-12-28/h13-18,20,24-26,28,33,46H,5-12,19,21-23H2,1-4H3,(H,43,49)(H2,41,42,48)/t24-,25+,26-,33+/m0/s1. The number of rotatable bonds is 7. The molecule has 1 saturated carbocycles. The summed E-state index contributed by atoms with van der Waals surface area (Å²) in [6.07, 6.45) is 2.44. The molecule has 0 saturated heterocycles. The molecule has 51 heavy (non-hydrogen) atoms. The Kier molecular flexibility index (Phi) is 14.4. The van der Waals surface area contributed by atoms with Gasteiger partial charge in [0.25, 0.3) is 5.91 Å². The summed E-state index contributed by atoms with van der Waals surface area (Å²) in [6.45, 7) is 6.27. The minimum absolute atomic E-state index is 0.151. The number of likely N-dealkylation sites (N-methyl/N-ethyl adjacent to an activating group) is 1. The number of urea groups is 2. The largest absolute Gasteiger partial charge is 0.490 e. The van der Waals surface area contributed by atoms with Crippen LogP contribution >= 0.6 is 0 Å². The van der Waals surface area contributed by atoms with E-state index in [4.69, 9.17) is 9.47 Å². The van der Waals surface area contributed by atoms with Gasteiger partial charge in [0.2, 0.25) is 0 Å². The molecule has 4 N–H and O–H groups in total. The lowest BCUT2D eigenvalue weighted by Crippen LogP contribution is -2.50.